The highest BCUT2D eigenvalue weighted by Crippen LogP contribution is 2.24. The Morgan fingerprint density at radius 2 is 1.46 bits per heavy atom. The molecule has 132 valence electrons. The van der Waals surface area contributed by atoms with Gasteiger partial charge in [-0.05, 0) is 18.4 Å². The van der Waals surface area contributed by atoms with Crippen molar-refractivity contribution in [2.24, 2.45) is 5.73 Å². The number of carbonyl (C=O) groups excluding carboxylic acids is 1. The smallest absolute Gasteiger partial charge is 0.282 e. The standard InChI is InChI=1S/C16H24N4O3S/c17-16(21)15(14-6-2-1-3-7-14)18-10-12-20(13-11-18)24(22,23)19-8-4-5-9-19/h1-3,6-7,15H,4-5,8-13H2,(H2,17,21). The second-order valence-electron chi connectivity index (χ2n) is 6.26. The molecule has 2 saturated heterocycles. The number of hydrogen-bond donors (Lipinski definition) is 1. The van der Waals surface area contributed by atoms with Crippen LogP contribution in [-0.4, -0.2) is 67.1 Å². The minimum absolute atomic E-state index is 0.384. The van der Waals surface area contributed by atoms with Gasteiger partial charge >= 0.3 is 0 Å². The fourth-order valence-electron chi connectivity index (χ4n) is 3.46. The first-order chi connectivity index (χ1) is 11.5. The Morgan fingerprint density at radius 1 is 0.917 bits per heavy atom. The van der Waals surface area contributed by atoms with Crippen LogP contribution in [0.5, 0.6) is 0 Å². The van der Waals surface area contributed by atoms with Crippen LogP contribution in [0.2, 0.25) is 0 Å². The first-order valence-electron chi connectivity index (χ1n) is 8.33. The summed E-state index contributed by atoms with van der Waals surface area (Å²) < 4.78 is 28.3. The third-order valence-corrected chi connectivity index (χ3v) is 6.78. The number of hydrogen-bond acceptors (Lipinski definition) is 4. The van der Waals surface area contributed by atoms with Crippen LogP contribution in [0.15, 0.2) is 30.3 Å². The summed E-state index contributed by atoms with van der Waals surface area (Å²) in [4.78, 5) is 13.9. The van der Waals surface area contributed by atoms with Crippen LogP contribution in [0.3, 0.4) is 0 Å². The van der Waals surface area contributed by atoms with Crippen LogP contribution in [0.1, 0.15) is 24.4 Å². The Balaban J connectivity index is 1.68. The fourth-order valence-corrected chi connectivity index (χ4v) is 5.14. The fraction of sp³-hybridized carbons (Fsp3) is 0.562. The lowest BCUT2D eigenvalue weighted by Gasteiger charge is -2.38. The molecule has 1 aromatic rings. The van der Waals surface area contributed by atoms with Gasteiger partial charge in [0, 0.05) is 39.3 Å². The lowest BCUT2D eigenvalue weighted by Crippen LogP contribution is -2.54. The molecule has 0 radical (unpaired) electrons. The summed E-state index contributed by atoms with van der Waals surface area (Å²) in [7, 11) is -3.37. The Hall–Kier alpha value is -1.48. The van der Waals surface area contributed by atoms with E-state index in [4.69, 9.17) is 5.73 Å². The van der Waals surface area contributed by atoms with Gasteiger partial charge in [0.2, 0.25) is 5.91 Å². The van der Waals surface area contributed by atoms with E-state index >= 15 is 0 Å². The molecular weight excluding hydrogens is 328 g/mol. The largest absolute Gasteiger partial charge is 0.368 e. The van der Waals surface area contributed by atoms with Gasteiger partial charge < -0.3 is 5.73 Å². The van der Waals surface area contributed by atoms with Gasteiger partial charge in [-0.25, -0.2) is 0 Å². The first kappa shape index (κ1) is 17.3. The average molecular weight is 352 g/mol. The highest BCUT2D eigenvalue weighted by Gasteiger charge is 2.36. The molecule has 2 aliphatic heterocycles. The highest BCUT2D eigenvalue weighted by atomic mass is 32.2. The van der Waals surface area contributed by atoms with Crippen molar-refractivity contribution in [3.05, 3.63) is 35.9 Å². The quantitative estimate of drug-likeness (QED) is 0.818. The monoisotopic (exact) mass is 352 g/mol. The van der Waals surface area contributed by atoms with Gasteiger partial charge in [-0.15, -0.1) is 0 Å². The van der Waals surface area contributed by atoms with Gasteiger partial charge in [0.1, 0.15) is 6.04 Å². The summed E-state index contributed by atoms with van der Waals surface area (Å²) in [5.41, 5.74) is 6.45. The third kappa shape index (κ3) is 3.46. The van der Waals surface area contributed by atoms with Gasteiger partial charge in [-0.2, -0.15) is 17.0 Å². The molecule has 1 aromatic carbocycles. The molecule has 2 N–H and O–H groups in total. The van der Waals surface area contributed by atoms with Crippen molar-refractivity contribution in [1.82, 2.24) is 13.5 Å². The summed E-state index contributed by atoms with van der Waals surface area (Å²) in [6.07, 6.45) is 1.86. The van der Waals surface area contributed by atoms with E-state index in [-0.39, 0.29) is 0 Å². The Bertz CT molecular complexity index is 666. The number of carbonyl (C=O) groups is 1. The number of amides is 1. The lowest BCUT2D eigenvalue weighted by molar-refractivity contribution is -0.124. The maximum atomic E-state index is 12.6. The summed E-state index contributed by atoms with van der Waals surface area (Å²) in [6, 6.07) is 8.88. The van der Waals surface area contributed by atoms with Crippen molar-refractivity contribution in [2.45, 2.75) is 18.9 Å². The molecule has 0 bridgehead atoms. The molecule has 1 unspecified atom stereocenters. The molecule has 0 aromatic heterocycles. The maximum absolute atomic E-state index is 12.6. The molecule has 7 nitrogen and oxygen atoms in total. The predicted molar refractivity (Wildman–Crippen MR) is 91.3 cm³/mol. The van der Waals surface area contributed by atoms with E-state index in [0.29, 0.717) is 39.3 Å². The zero-order valence-electron chi connectivity index (χ0n) is 13.7. The van der Waals surface area contributed by atoms with Gasteiger partial charge in [-0.1, -0.05) is 30.3 Å². The molecular formula is C16H24N4O3S. The number of benzene rings is 1. The molecule has 0 aliphatic carbocycles. The van der Waals surface area contributed by atoms with Crippen LogP contribution >= 0.6 is 0 Å². The first-order valence-corrected chi connectivity index (χ1v) is 9.73. The van der Waals surface area contributed by atoms with E-state index in [9.17, 15) is 13.2 Å². The van der Waals surface area contributed by atoms with E-state index in [0.717, 1.165) is 18.4 Å². The third-order valence-electron chi connectivity index (χ3n) is 4.74. The molecule has 1 atom stereocenters. The second kappa shape index (κ2) is 7.18. The second-order valence-corrected chi connectivity index (χ2v) is 8.19. The number of nitrogens with two attached hydrogens (primary N) is 1. The number of rotatable bonds is 5. The average Bonchev–Trinajstić information content (AvgIpc) is 3.11. The minimum atomic E-state index is -3.37. The van der Waals surface area contributed by atoms with Crippen LogP contribution in [-0.2, 0) is 15.0 Å². The van der Waals surface area contributed by atoms with Gasteiger partial charge in [0.25, 0.3) is 10.2 Å². The molecule has 24 heavy (non-hydrogen) atoms. The number of piperazine rings is 1. The van der Waals surface area contributed by atoms with E-state index < -0.39 is 22.2 Å². The zero-order valence-corrected chi connectivity index (χ0v) is 14.5. The molecule has 2 fully saturated rings. The maximum Gasteiger partial charge on any atom is 0.282 e. The van der Waals surface area contributed by atoms with Gasteiger partial charge in [0.05, 0.1) is 0 Å². The molecule has 2 heterocycles. The molecule has 0 saturated carbocycles. The zero-order chi connectivity index (χ0) is 17.2. The predicted octanol–water partition coefficient (Wildman–Crippen LogP) is 0.171. The Labute approximate surface area is 143 Å². The summed E-state index contributed by atoms with van der Waals surface area (Å²) in [5, 5.41) is 0. The lowest BCUT2D eigenvalue weighted by atomic mass is 10.0. The van der Waals surface area contributed by atoms with Crippen molar-refractivity contribution in [3.8, 4) is 0 Å². The van der Waals surface area contributed by atoms with Crippen LogP contribution < -0.4 is 5.73 Å². The molecule has 1 amide bonds. The molecule has 8 heteroatoms. The minimum Gasteiger partial charge on any atom is -0.368 e. The van der Waals surface area contributed by atoms with Crippen LogP contribution in [0.4, 0.5) is 0 Å². The summed E-state index contributed by atoms with van der Waals surface area (Å²) >= 11 is 0. The molecule has 3 rings (SSSR count). The van der Waals surface area contributed by atoms with Crippen molar-refractivity contribution < 1.29 is 13.2 Å². The van der Waals surface area contributed by atoms with Crippen molar-refractivity contribution in [3.63, 3.8) is 0 Å². The number of primary amides is 1. The molecule has 0 spiro atoms. The van der Waals surface area contributed by atoms with Gasteiger partial charge in [0.15, 0.2) is 0 Å². The number of nitrogens with zero attached hydrogens (tertiary/aromatic N) is 3. The van der Waals surface area contributed by atoms with Crippen LogP contribution in [0.25, 0.3) is 0 Å². The van der Waals surface area contributed by atoms with Gasteiger partial charge in [-0.3, -0.25) is 9.69 Å². The van der Waals surface area contributed by atoms with Crippen molar-refractivity contribution >= 4 is 16.1 Å². The van der Waals surface area contributed by atoms with E-state index in [1.165, 1.54) is 4.31 Å². The van der Waals surface area contributed by atoms with E-state index in [1.807, 2.05) is 35.2 Å². The van der Waals surface area contributed by atoms with Crippen molar-refractivity contribution in [2.75, 3.05) is 39.3 Å². The van der Waals surface area contributed by atoms with Crippen molar-refractivity contribution in [1.29, 1.82) is 0 Å². The Kier molecular flexibility index (Phi) is 5.19. The van der Waals surface area contributed by atoms with Crippen LogP contribution in [0, 0.1) is 0 Å². The topological polar surface area (TPSA) is 87.0 Å². The normalized spacial score (nSPS) is 22.5. The highest BCUT2D eigenvalue weighted by molar-refractivity contribution is 7.86. The van der Waals surface area contributed by atoms with E-state index in [1.54, 1.807) is 4.31 Å². The SMILES string of the molecule is NC(=O)C(c1ccccc1)N1CCN(S(=O)(=O)N2CCCC2)CC1. The van der Waals surface area contributed by atoms with E-state index in [2.05, 4.69) is 0 Å². The summed E-state index contributed by atoms with van der Waals surface area (Å²) in [5.74, 6) is -0.406. The Morgan fingerprint density at radius 3 is 2.00 bits per heavy atom. The molecule has 2 aliphatic rings. The summed E-state index contributed by atoms with van der Waals surface area (Å²) in [6.45, 7) is 2.98.